The molecule has 248 valence electrons. The van der Waals surface area contributed by atoms with Crippen LogP contribution in [0.1, 0.15) is 26.7 Å². The quantitative estimate of drug-likeness (QED) is 0.0872. The van der Waals surface area contributed by atoms with E-state index in [-0.39, 0.29) is 11.6 Å². The lowest BCUT2D eigenvalue weighted by Crippen LogP contribution is -2.30. The van der Waals surface area contributed by atoms with E-state index >= 15 is 0 Å². The van der Waals surface area contributed by atoms with E-state index in [0.29, 0.717) is 39.8 Å². The number of hydrogen-bond donors (Lipinski definition) is 3. The predicted octanol–water partition coefficient (Wildman–Crippen LogP) is 7.59. The van der Waals surface area contributed by atoms with E-state index in [1.165, 1.54) is 11.8 Å². The van der Waals surface area contributed by atoms with Gasteiger partial charge in [0.2, 0.25) is 5.91 Å². The fraction of sp³-hybridized carbons (Fsp3) is 0.103. The third-order valence-electron chi connectivity index (χ3n) is 7.26. The Labute approximate surface area is 289 Å². The molecule has 1 atom stereocenters. The number of methoxy groups -OCH3 is 3. The summed E-state index contributed by atoms with van der Waals surface area (Å²) in [7, 11) is 4.66. The maximum Gasteiger partial charge on any atom is 0.272 e. The van der Waals surface area contributed by atoms with Crippen molar-refractivity contribution in [3.05, 3.63) is 150 Å². The summed E-state index contributed by atoms with van der Waals surface area (Å²) in [5.41, 5.74) is 2.95. The fourth-order valence-electron chi connectivity index (χ4n) is 4.78. The molecule has 9 nitrogen and oxygen atoms in total. The van der Waals surface area contributed by atoms with Gasteiger partial charge in [-0.2, -0.15) is 0 Å². The molecule has 0 spiro atoms. The zero-order chi connectivity index (χ0) is 34.6. The zero-order valence-corrected chi connectivity index (χ0v) is 28.0. The van der Waals surface area contributed by atoms with Crippen molar-refractivity contribution in [1.82, 2.24) is 5.32 Å². The van der Waals surface area contributed by atoms with Crippen LogP contribution in [0.5, 0.6) is 17.2 Å². The third kappa shape index (κ3) is 9.52. The van der Waals surface area contributed by atoms with Crippen molar-refractivity contribution in [3.63, 3.8) is 0 Å². The smallest absolute Gasteiger partial charge is 0.272 e. The summed E-state index contributed by atoms with van der Waals surface area (Å²) < 4.78 is 16.0. The standard InChI is InChI=1S/C39H35N3O6S/c1-46-31-19-17-26(18-20-31)21-35(42-37(43)28-13-8-5-9-14-28)38(44)40-29-15-10-16-34(24-29)49-36(27-11-6-4-7-12-27)39(45)41-30-22-32(47-2)25-33(23-30)48-3/h4-25,36H,1-3H3,(H,40,44)(H,41,45)(H,42,43)/b35-21+. The number of carbonyl (C=O) groups is 3. The normalized spacial score (nSPS) is 11.5. The number of rotatable bonds is 13. The molecule has 0 aromatic heterocycles. The molecule has 0 bridgehead atoms. The number of benzene rings is 5. The average Bonchev–Trinajstić information content (AvgIpc) is 3.14. The van der Waals surface area contributed by atoms with Crippen LogP contribution in [-0.2, 0) is 9.59 Å². The monoisotopic (exact) mass is 673 g/mol. The van der Waals surface area contributed by atoms with Crippen LogP contribution in [0.2, 0.25) is 0 Å². The number of anilines is 2. The van der Waals surface area contributed by atoms with Gasteiger partial charge in [-0.3, -0.25) is 14.4 Å². The van der Waals surface area contributed by atoms with Gasteiger partial charge in [-0.25, -0.2) is 0 Å². The first-order valence-corrected chi connectivity index (χ1v) is 16.1. The van der Waals surface area contributed by atoms with Gasteiger partial charge in [0.1, 0.15) is 28.2 Å². The highest BCUT2D eigenvalue weighted by Gasteiger charge is 2.23. The van der Waals surface area contributed by atoms with Gasteiger partial charge in [0.25, 0.3) is 11.8 Å². The van der Waals surface area contributed by atoms with Gasteiger partial charge in [-0.05, 0) is 59.7 Å². The minimum Gasteiger partial charge on any atom is -0.497 e. The molecule has 1 unspecified atom stereocenters. The minimum absolute atomic E-state index is 0.0485. The van der Waals surface area contributed by atoms with Crippen LogP contribution in [0, 0.1) is 0 Å². The van der Waals surface area contributed by atoms with E-state index in [4.69, 9.17) is 14.2 Å². The van der Waals surface area contributed by atoms with Gasteiger partial charge in [0.05, 0.1) is 21.3 Å². The van der Waals surface area contributed by atoms with Crippen LogP contribution in [0.15, 0.2) is 138 Å². The number of hydrogen-bond acceptors (Lipinski definition) is 7. The molecule has 5 rings (SSSR count). The second kappa shape index (κ2) is 16.7. The molecule has 0 saturated heterocycles. The summed E-state index contributed by atoms with van der Waals surface area (Å²) in [6, 6.07) is 37.5. The van der Waals surface area contributed by atoms with Crippen molar-refractivity contribution in [3.8, 4) is 17.2 Å². The van der Waals surface area contributed by atoms with Crippen molar-refractivity contribution in [1.29, 1.82) is 0 Å². The molecule has 0 aliphatic rings. The van der Waals surface area contributed by atoms with Crippen LogP contribution in [0.3, 0.4) is 0 Å². The summed E-state index contributed by atoms with van der Waals surface area (Å²) in [5, 5.41) is 8.01. The van der Waals surface area contributed by atoms with Gasteiger partial charge >= 0.3 is 0 Å². The molecule has 0 aliphatic heterocycles. The van der Waals surface area contributed by atoms with Crippen LogP contribution >= 0.6 is 11.8 Å². The Morgan fingerprint density at radius 2 is 1.27 bits per heavy atom. The Morgan fingerprint density at radius 3 is 1.90 bits per heavy atom. The van der Waals surface area contributed by atoms with Crippen molar-refractivity contribution in [2.24, 2.45) is 0 Å². The number of carbonyl (C=O) groups excluding carboxylic acids is 3. The average molecular weight is 674 g/mol. The van der Waals surface area contributed by atoms with E-state index in [9.17, 15) is 14.4 Å². The minimum atomic E-state index is -0.639. The number of ether oxygens (including phenoxy) is 3. The fourth-order valence-corrected chi connectivity index (χ4v) is 5.86. The zero-order valence-electron chi connectivity index (χ0n) is 27.1. The van der Waals surface area contributed by atoms with E-state index in [2.05, 4.69) is 16.0 Å². The van der Waals surface area contributed by atoms with Crippen LogP contribution < -0.4 is 30.2 Å². The third-order valence-corrected chi connectivity index (χ3v) is 8.51. The Morgan fingerprint density at radius 1 is 0.633 bits per heavy atom. The van der Waals surface area contributed by atoms with Gasteiger partial charge in [0, 0.05) is 40.0 Å². The van der Waals surface area contributed by atoms with E-state index in [1.807, 2.05) is 42.5 Å². The highest BCUT2D eigenvalue weighted by atomic mass is 32.2. The molecule has 10 heteroatoms. The maximum absolute atomic E-state index is 13.8. The number of nitrogens with one attached hydrogen (secondary N) is 3. The van der Waals surface area contributed by atoms with E-state index < -0.39 is 17.1 Å². The first kappa shape index (κ1) is 34.3. The molecule has 3 N–H and O–H groups in total. The molecule has 0 heterocycles. The summed E-state index contributed by atoms with van der Waals surface area (Å²) in [5.74, 6) is 0.548. The first-order valence-electron chi connectivity index (χ1n) is 15.2. The van der Waals surface area contributed by atoms with Gasteiger partial charge in [-0.1, -0.05) is 66.7 Å². The molecule has 5 aromatic carbocycles. The number of amides is 3. The van der Waals surface area contributed by atoms with Gasteiger partial charge in [0.15, 0.2) is 0 Å². The molecule has 0 fully saturated rings. The number of thioether (sulfide) groups is 1. The summed E-state index contributed by atoms with van der Waals surface area (Å²) >= 11 is 1.33. The first-order chi connectivity index (χ1) is 23.8. The van der Waals surface area contributed by atoms with E-state index in [1.54, 1.807) is 112 Å². The van der Waals surface area contributed by atoms with Crippen molar-refractivity contribution in [2.45, 2.75) is 10.1 Å². The topological polar surface area (TPSA) is 115 Å². The molecule has 0 saturated carbocycles. The largest absolute Gasteiger partial charge is 0.497 e. The second-order valence-electron chi connectivity index (χ2n) is 10.6. The van der Waals surface area contributed by atoms with Crippen LogP contribution in [-0.4, -0.2) is 39.1 Å². The van der Waals surface area contributed by atoms with E-state index in [0.717, 1.165) is 10.5 Å². The molecular formula is C39H35N3O6S. The molecular weight excluding hydrogens is 639 g/mol. The lowest BCUT2D eigenvalue weighted by atomic mass is 10.1. The van der Waals surface area contributed by atoms with Gasteiger partial charge < -0.3 is 30.2 Å². The summed E-state index contributed by atoms with van der Waals surface area (Å²) in [4.78, 5) is 41.2. The lowest BCUT2D eigenvalue weighted by molar-refractivity contribution is -0.116. The molecule has 0 radical (unpaired) electrons. The second-order valence-corrected chi connectivity index (χ2v) is 11.8. The highest BCUT2D eigenvalue weighted by Crippen LogP contribution is 2.38. The Balaban J connectivity index is 1.38. The Kier molecular flexibility index (Phi) is 11.7. The summed E-state index contributed by atoms with van der Waals surface area (Å²) in [6.45, 7) is 0. The van der Waals surface area contributed by atoms with Gasteiger partial charge in [-0.15, -0.1) is 11.8 Å². The Bertz CT molecular complexity index is 1910. The molecule has 3 amide bonds. The lowest BCUT2D eigenvalue weighted by Gasteiger charge is -2.18. The van der Waals surface area contributed by atoms with Crippen molar-refractivity contribution >= 4 is 46.9 Å². The van der Waals surface area contributed by atoms with Crippen molar-refractivity contribution in [2.75, 3.05) is 32.0 Å². The summed E-state index contributed by atoms with van der Waals surface area (Å²) in [6.07, 6.45) is 1.59. The molecule has 49 heavy (non-hydrogen) atoms. The highest BCUT2D eigenvalue weighted by molar-refractivity contribution is 8.00. The predicted molar refractivity (Wildman–Crippen MR) is 193 cm³/mol. The maximum atomic E-state index is 13.8. The Hall–Kier alpha value is -6.00. The molecule has 5 aromatic rings. The van der Waals surface area contributed by atoms with Crippen molar-refractivity contribution < 1.29 is 28.6 Å². The molecule has 0 aliphatic carbocycles. The SMILES string of the molecule is COc1ccc(/C=C(/NC(=O)c2ccccc2)C(=O)Nc2cccc(SC(C(=O)Nc3cc(OC)cc(OC)c3)c3ccccc3)c2)cc1. The van der Waals surface area contributed by atoms with Crippen LogP contribution in [0.4, 0.5) is 11.4 Å². The van der Waals surface area contributed by atoms with Crippen LogP contribution in [0.25, 0.3) is 6.08 Å².